The van der Waals surface area contributed by atoms with Gasteiger partial charge < -0.3 is 19.2 Å². The van der Waals surface area contributed by atoms with Crippen LogP contribution in [0.2, 0.25) is 0 Å². The van der Waals surface area contributed by atoms with Crippen molar-refractivity contribution in [3.63, 3.8) is 0 Å². The highest BCUT2D eigenvalue weighted by atomic mass is 79.9. The van der Waals surface area contributed by atoms with E-state index in [1.165, 1.54) is 0 Å². The SMILES string of the molecule is CCN1C(=O)C(C)(C)c2cc(NC(=O)c3cc4oc(Br)cc4n3C)cc(C)c21. The van der Waals surface area contributed by atoms with Gasteiger partial charge in [-0.15, -0.1) is 0 Å². The molecule has 28 heavy (non-hydrogen) atoms. The Hall–Kier alpha value is -2.54. The molecule has 0 unspecified atom stereocenters. The molecule has 1 N–H and O–H groups in total. The van der Waals surface area contributed by atoms with Crippen LogP contribution in [0, 0.1) is 6.92 Å². The third kappa shape index (κ3) is 2.60. The average Bonchev–Trinajstić information content (AvgIpc) is 3.19. The van der Waals surface area contributed by atoms with Gasteiger partial charge in [-0.2, -0.15) is 0 Å². The van der Waals surface area contributed by atoms with Crippen molar-refractivity contribution in [2.45, 2.75) is 33.1 Å². The fourth-order valence-corrected chi connectivity index (χ4v) is 4.43. The van der Waals surface area contributed by atoms with Crippen LogP contribution in [0.1, 0.15) is 42.4 Å². The fraction of sp³-hybridized carbons (Fsp3) is 0.333. The summed E-state index contributed by atoms with van der Waals surface area (Å²) in [4.78, 5) is 27.5. The van der Waals surface area contributed by atoms with Gasteiger partial charge in [0.2, 0.25) is 5.91 Å². The molecule has 1 aliphatic rings. The molecule has 0 saturated heterocycles. The summed E-state index contributed by atoms with van der Waals surface area (Å²) in [6.45, 7) is 8.43. The number of anilines is 2. The number of furan rings is 1. The summed E-state index contributed by atoms with van der Waals surface area (Å²) in [6.07, 6.45) is 0. The fourth-order valence-electron chi connectivity index (χ4n) is 4.04. The average molecular weight is 444 g/mol. The summed E-state index contributed by atoms with van der Waals surface area (Å²) in [5.74, 6) is -0.135. The number of amides is 2. The lowest BCUT2D eigenvalue weighted by Gasteiger charge is -2.18. The first-order valence-corrected chi connectivity index (χ1v) is 9.97. The Morgan fingerprint density at radius 1 is 1.25 bits per heavy atom. The second kappa shape index (κ2) is 6.24. The minimum atomic E-state index is -0.617. The molecule has 6 nitrogen and oxygen atoms in total. The molecule has 0 bridgehead atoms. The summed E-state index contributed by atoms with van der Waals surface area (Å²) >= 11 is 3.30. The Kier molecular flexibility index (Phi) is 4.19. The van der Waals surface area contributed by atoms with E-state index in [-0.39, 0.29) is 11.8 Å². The highest BCUT2D eigenvalue weighted by Crippen LogP contribution is 2.44. The Labute approximate surface area is 171 Å². The number of nitrogens with zero attached hydrogens (tertiary/aromatic N) is 2. The van der Waals surface area contributed by atoms with Crippen LogP contribution in [0.15, 0.2) is 33.4 Å². The number of carbonyl (C=O) groups is 2. The molecule has 3 heterocycles. The van der Waals surface area contributed by atoms with Crippen molar-refractivity contribution < 1.29 is 14.0 Å². The first-order chi connectivity index (χ1) is 13.1. The van der Waals surface area contributed by atoms with Gasteiger partial charge in [-0.25, -0.2) is 0 Å². The third-order valence-electron chi connectivity index (χ3n) is 5.53. The highest BCUT2D eigenvalue weighted by Gasteiger charge is 2.44. The van der Waals surface area contributed by atoms with Gasteiger partial charge in [-0.3, -0.25) is 9.59 Å². The van der Waals surface area contributed by atoms with Crippen LogP contribution in [0.25, 0.3) is 11.1 Å². The normalized spacial score (nSPS) is 15.4. The molecule has 1 aliphatic heterocycles. The number of carbonyl (C=O) groups excluding carboxylic acids is 2. The molecule has 0 spiro atoms. The number of aromatic nitrogens is 1. The lowest BCUT2D eigenvalue weighted by atomic mass is 9.85. The van der Waals surface area contributed by atoms with Gasteiger partial charge in [0.15, 0.2) is 10.3 Å². The first-order valence-electron chi connectivity index (χ1n) is 9.18. The molecule has 0 fully saturated rings. The van der Waals surface area contributed by atoms with E-state index in [1.54, 1.807) is 10.6 Å². The number of aryl methyl sites for hydroxylation is 2. The second-order valence-corrected chi connectivity index (χ2v) is 8.49. The minimum absolute atomic E-state index is 0.0879. The van der Waals surface area contributed by atoms with Crippen molar-refractivity contribution in [2.75, 3.05) is 16.8 Å². The zero-order valence-electron chi connectivity index (χ0n) is 16.5. The smallest absolute Gasteiger partial charge is 0.272 e. The standard InChI is InChI=1S/C21H22BrN3O3/c1-6-25-18-11(2)7-12(8-13(18)21(3,4)20(25)27)23-19(26)15-9-16-14(24(15)5)10-17(22)28-16/h7-10H,6H2,1-5H3,(H,23,26). The zero-order valence-corrected chi connectivity index (χ0v) is 18.1. The molecule has 1 aromatic carbocycles. The molecular formula is C21H22BrN3O3. The maximum Gasteiger partial charge on any atom is 0.272 e. The number of rotatable bonds is 3. The van der Waals surface area contributed by atoms with Crippen molar-refractivity contribution in [3.05, 3.63) is 45.8 Å². The number of hydrogen-bond donors (Lipinski definition) is 1. The molecule has 2 aromatic heterocycles. The highest BCUT2D eigenvalue weighted by molar-refractivity contribution is 9.10. The van der Waals surface area contributed by atoms with Crippen molar-refractivity contribution in [1.29, 1.82) is 0 Å². The molecule has 0 radical (unpaired) electrons. The van der Waals surface area contributed by atoms with E-state index in [1.807, 2.05) is 57.8 Å². The molecule has 0 atom stereocenters. The van der Waals surface area contributed by atoms with Crippen LogP contribution in [0.5, 0.6) is 0 Å². The predicted molar refractivity (Wildman–Crippen MR) is 113 cm³/mol. The number of hydrogen-bond acceptors (Lipinski definition) is 3. The van der Waals surface area contributed by atoms with Gasteiger partial charge in [0, 0.05) is 31.4 Å². The van der Waals surface area contributed by atoms with E-state index in [4.69, 9.17) is 4.42 Å². The Balaban J connectivity index is 1.71. The summed E-state index contributed by atoms with van der Waals surface area (Å²) < 4.78 is 7.97. The monoisotopic (exact) mass is 443 g/mol. The molecule has 4 rings (SSSR count). The molecule has 0 aliphatic carbocycles. The van der Waals surface area contributed by atoms with Crippen molar-refractivity contribution >= 4 is 50.2 Å². The molecule has 0 saturated carbocycles. The van der Waals surface area contributed by atoms with Crippen LogP contribution in [-0.2, 0) is 17.3 Å². The molecular weight excluding hydrogens is 422 g/mol. The number of fused-ring (bicyclic) bond motifs is 2. The van der Waals surface area contributed by atoms with Crippen LogP contribution in [0.4, 0.5) is 11.4 Å². The number of likely N-dealkylation sites (N-methyl/N-ethyl adjacent to an activating group) is 1. The lowest BCUT2D eigenvalue weighted by molar-refractivity contribution is -0.122. The largest absolute Gasteiger partial charge is 0.448 e. The Morgan fingerprint density at radius 3 is 2.61 bits per heavy atom. The summed E-state index contributed by atoms with van der Waals surface area (Å²) in [5, 5.41) is 2.98. The van der Waals surface area contributed by atoms with Crippen molar-refractivity contribution in [1.82, 2.24) is 4.57 Å². The van der Waals surface area contributed by atoms with Gasteiger partial charge in [-0.05, 0) is 66.9 Å². The maximum atomic E-state index is 12.9. The first kappa shape index (κ1) is 18.8. The Morgan fingerprint density at radius 2 is 1.96 bits per heavy atom. The van der Waals surface area contributed by atoms with E-state index in [0.717, 1.165) is 22.3 Å². The summed E-state index contributed by atoms with van der Waals surface area (Å²) in [6, 6.07) is 7.39. The van der Waals surface area contributed by atoms with Crippen LogP contribution >= 0.6 is 15.9 Å². The number of halogens is 1. The number of benzene rings is 1. The number of nitrogens with one attached hydrogen (secondary N) is 1. The van der Waals surface area contributed by atoms with Gasteiger partial charge in [-0.1, -0.05) is 0 Å². The third-order valence-corrected chi connectivity index (χ3v) is 5.92. The van der Waals surface area contributed by atoms with Gasteiger partial charge >= 0.3 is 0 Å². The van der Waals surface area contributed by atoms with E-state index in [2.05, 4.69) is 21.2 Å². The predicted octanol–water partition coefficient (Wildman–Crippen LogP) is 4.74. The second-order valence-electron chi connectivity index (χ2n) is 7.71. The van der Waals surface area contributed by atoms with Gasteiger partial charge in [0.1, 0.15) is 5.69 Å². The topological polar surface area (TPSA) is 67.5 Å². The quantitative estimate of drug-likeness (QED) is 0.635. The van der Waals surface area contributed by atoms with Crippen LogP contribution < -0.4 is 10.2 Å². The summed E-state index contributed by atoms with van der Waals surface area (Å²) in [5.41, 5.74) is 4.93. The van der Waals surface area contributed by atoms with Crippen LogP contribution in [0.3, 0.4) is 0 Å². The summed E-state index contributed by atoms with van der Waals surface area (Å²) in [7, 11) is 1.83. The zero-order chi connectivity index (χ0) is 20.4. The van der Waals surface area contributed by atoms with E-state index >= 15 is 0 Å². The molecule has 7 heteroatoms. The van der Waals surface area contributed by atoms with Gasteiger partial charge in [0.25, 0.3) is 5.91 Å². The molecule has 146 valence electrons. The van der Waals surface area contributed by atoms with Crippen molar-refractivity contribution in [3.8, 4) is 0 Å². The van der Waals surface area contributed by atoms with Gasteiger partial charge in [0.05, 0.1) is 16.6 Å². The minimum Gasteiger partial charge on any atom is -0.448 e. The maximum absolute atomic E-state index is 12.9. The van der Waals surface area contributed by atoms with E-state index in [0.29, 0.717) is 28.2 Å². The molecule has 2 amide bonds. The van der Waals surface area contributed by atoms with Crippen LogP contribution in [-0.4, -0.2) is 22.9 Å². The van der Waals surface area contributed by atoms with E-state index < -0.39 is 5.41 Å². The van der Waals surface area contributed by atoms with E-state index in [9.17, 15) is 9.59 Å². The lowest BCUT2D eigenvalue weighted by Crippen LogP contribution is -2.36. The Bertz CT molecular complexity index is 1140. The van der Waals surface area contributed by atoms with Crippen molar-refractivity contribution in [2.24, 2.45) is 7.05 Å². The molecule has 3 aromatic rings.